The van der Waals surface area contributed by atoms with Crippen molar-refractivity contribution >= 4 is 23.2 Å². The fourth-order valence-corrected chi connectivity index (χ4v) is 2.78. The summed E-state index contributed by atoms with van der Waals surface area (Å²) in [4.78, 5) is 12.2. The molecule has 0 bridgehead atoms. The number of nitrogens with zero attached hydrogens (tertiary/aromatic N) is 2. The summed E-state index contributed by atoms with van der Waals surface area (Å²) in [6.07, 6.45) is 0. The van der Waals surface area contributed by atoms with E-state index in [4.69, 9.17) is 16.3 Å². The number of nitrogens with one attached hydrogen (secondary N) is 1. The lowest BCUT2D eigenvalue weighted by Gasteiger charge is -2.10. The molecular weight excluding hydrogens is 350 g/mol. The highest BCUT2D eigenvalue weighted by Crippen LogP contribution is 2.21. The van der Waals surface area contributed by atoms with Crippen molar-refractivity contribution in [1.82, 2.24) is 9.78 Å². The van der Waals surface area contributed by atoms with Gasteiger partial charge in [0.15, 0.2) is 6.61 Å². The summed E-state index contributed by atoms with van der Waals surface area (Å²) in [5.41, 5.74) is 4.47. The molecule has 0 atom stereocenters. The SMILES string of the molecule is Cc1cc(C)n(-c2cccc(NC(=O)COc3ccc(Cl)c(C)c3)c2)n1. The molecule has 134 valence electrons. The Labute approximate surface area is 157 Å². The Kier molecular flexibility index (Phi) is 5.28. The molecule has 0 unspecified atom stereocenters. The highest BCUT2D eigenvalue weighted by Gasteiger charge is 2.08. The van der Waals surface area contributed by atoms with Crippen LogP contribution >= 0.6 is 11.6 Å². The Balaban J connectivity index is 1.65. The summed E-state index contributed by atoms with van der Waals surface area (Å²) in [6.45, 7) is 5.75. The summed E-state index contributed by atoms with van der Waals surface area (Å²) in [7, 11) is 0. The molecule has 0 aliphatic carbocycles. The molecular formula is C20H20ClN3O2. The number of aromatic nitrogens is 2. The first kappa shape index (κ1) is 18.0. The minimum absolute atomic E-state index is 0.0782. The van der Waals surface area contributed by atoms with Gasteiger partial charge in [-0.05, 0) is 68.8 Å². The lowest BCUT2D eigenvalue weighted by Crippen LogP contribution is -2.20. The smallest absolute Gasteiger partial charge is 0.262 e. The zero-order valence-electron chi connectivity index (χ0n) is 14.9. The van der Waals surface area contributed by atoms with E-state index in [0.717, 1.165) is 22.6 Å². The van der Waals surface area contributed by atoms with E-state index in [9.17, 15) is 4.79 Å². The highest BCUT2D eigenvalue weighted by molar-refractivity contribution is 6.31. The molecule has 0 spiro atoms. The van der Waals surface area contributed by atoms with Crippen LogP contribution in [0.2, 0.25) is 5.02 Å². The molecule has 0 saturated carbocycles. The second-order valence-corrected chi connectivity index (χ2v) is 6.54. The van der Waals surface area contributed by atoms with E-state index in [1.165, 1.54) is 0 Å². The van der Waals surface area contributed by atoms with Crippen molar-refractivity contribution in [2.24, 2.45) is 0 Å². The molecule has 0 saturated heterocycles. The van der Waals surface area contributed by atoms with Crippen molar-refractivity contribution in [1.29, 1.82) is 0 Å². The number of carbonyl (C=O) groups is 1. The standard InChI is InChI=1S/C20H20ClN3O2/c1-13-9-18(7-8-19(13)21)26-12-20(25)22-16-5-4-6-17(11-16)24-15(3)10-14(2)23-24/h4-11H,12H2,1-3H3,(H,22,25). The number of halogens is 1. The number of anilines is 1. The first-order chi connectivity index (χ1) is 12.4. The van der Waals surface area contributed by atoms with Crippen LogP contribution in [0.3, 0.4) is 0 Å². The highest BCUT2D eigenvalue weighted by atomic mass is 35.5. The van der Waals surface area contributed by atoms with Gasteiger partial charge in [-0.1, -0.05) is 17.7 Å². The van der Waals surface area contributed by atoms with E-state index >= 15 is 0 Å². The number of aryl methyl sites for hydroxylation is 3. The molecule has 26 heavy (non-hydrogen) atoms. The number of carbonyl (C=O) groups excluding carboxylic acids is 1. The summed E-state index contributed by atoms with van der Waals surface area (Å²) < 4.78 is 7.37. The molecule has 3 rings (SSSR count). The van der Waals surface area contributed by atoms with Crippen LogP contribution in [0.5, 0.6) is 5.75 Å². The second-order valence-electron chi connectivity index (χ2n) is 6.14. The Morgan fingerprint density at radius 3 is 2.65 bits per heavy atom. The summed E-state index contributed by atoms with van der Waals surface area (Å²) >= 11 is 5.99. The largest absolute Gasteiger partial charge is 0.484 e. The fourth-order valence-electron chi connectivity index (χ4n) is 2.66. The Morgan fingerprint density at radius 2 is 1.96 bits per heavy atom. The van der Waals surface area contributed by atoms with Crippen LogP contribution < -0.4 is 10.1 Å². The number of ether oxygens (including phenoxy) is 1. The van der Waals surface area contributed by atoms with E-state index in [-0.39, 0.29) is 12.5 Å². The van der Waals surface area contributed by atoms with Crippen LogP contribution in [0.4, 0.5) is 5.69 Å². The third-order valence-corrected chi connectivity index (χ3v) is 4.31. The van der Waals surface area contributed by atoms with Crippen molar-refractivity contribution in [2.75, 3.05) is 11.9 Å². The van der Waals surface area contributed by atoms with Crippen LogP contribution in [-0.2, 0) is 4.79 Å². The van der Waals surface area contributed by atoms with Crippen LogP contribution in [0.25, 0.3) is 5.69 Å². The van der Waals surface area contributed by atoms with Gasteiger partial charge in [0.1, 0.15) is 5.75 Å². The number of benzene rings is 2. The Bertz CT molecular complexity index is 950. The maximum Gasteiger partial charge on any atom is 0.262 e. The van der Waals surface area contributed by atoms with Gasteiger partial charge >= 0.3 is 0 Å². The quantitative estimate of drug-likeness (QED) is 0.722. The van der Waals surface area contributed by atoms with Crippen LogP contribution in [0.15, 0.2) is 48.5 Å². The van der Waals surface area contributed by atoms with E-state index in [0.29, 0.717) is 16.5 Å². The molecule has 2 aromatic carbocycles. The monoisotopic (exact) mass is 369 g/mol. The molecule has 1 amide bonds. The van der Waals surface area contributed by atoms with Crippen molar-refractivity contribution in [3.05, 3.63) is 70.5 Å². The van der Waals surface area contributed by atoms with Gasteiger partial charge in [-0.25, -0.2) is 4.68 Å². The van der Waals surface area contributed by atoms with Gasteiger partial charge in [-0.2, -0.15) is 5.10 Å². The summed E-state index contributed by atoms with van der Waals surface area (Å²) in [5, 5.41) is 7.97. The van der Waals surface area contributed by atoms with E-state index in [1.807, 2.05) is 55.8 Å². The predicted octanol–water partition coefficient (Wildman–Crippen LogP) is 4.47. The van der Waals surface area contributed by atoms with E-state index in [1.54, 1.807) is 18.2 Å². The minimum Gasteiger partial charge on any atom is -0.484 e. The normalized spacial score (nSPS) is 10.6. The molecule has 1 aromatic heterocycles. The Morgan fingerprint density at radius 1 is 1.15 bits per heavy atom. The molecule has 0 fully saturated rings. The van der Waals surface area contributed by atoms with Crippen molar-refractivity contribution in [3.8, 4) is 11.4 Å². The first-order valence-corrected chi connectivity index (χ1v) is 8.62. The van der Waals surface area contributed by atoms with Crippen molar-refractivity contribution in [3.63, 3.8) is 0 Å². The van der Waals surface area contributed by atoms with Crippen molar-refractivity contribution < 1.29 is 9.53 Å². The molecule has 5 nitrogen and oxygen atoms in total. The van der Waals surface area contributed by atoms with Gasteiger partial charge in [-0.15, -0.1) is 0 Å². The average Bonchev–Trinajstić information content (AvgIpc) is 2.94. The number of rotatable bonds is 5. The molecule has 0 aliphatic heterocycles. The van der Waals surface area contributed by atoms with E-state index in [2.05, 4.69) is 10.4 Å². The lowest BCUT2D eigenvalue weighted by molar-refractivity contribution is -0.118. The Hall–Kier alpha value is -2.79. The topological polar surface area (TPSA) is 56.2 Å². The average molecular weight is 370 g/mol. The summed E-state index contributed by atoms with van der Waals surface area (Å²) in [5.74, 6) is 0.376. The van der Waals surface area contributed by atoms with Crippen molar-refractivity contribution in [2.45, 2.75) is 20.8 Å². The molecule has 3 aromatic rings. The van der Waals surface area contributed by atoms with Gasteiger partial charge in [0.2, 0.25) is 0 Å². The number of hydrogen-bond acceptors (Lipinski definition) is 3. The van der Waals surface area contributed by atoms with Gasteiger partial charge in [0.25, 0.3) is 5.91 Å². The zero-order chi connectivity index (χ0) is 18.7. The molecule has 1 heterocycles. The van der Waals surface area contributed by atoms with Crippen LogP contribution in [0, 0.1) is 20.8 Å². The lowest BCUT2D eigenvalue weighted by atomic mass is 10.2. The maximum absolute atomic E-state index is 12.2. The van der Waals surface area contributed by atoms with Crippen LogP contribution in [0.1, 0.15) is 17.0 Å². The molecule has 6 heteroatoms. The fraction of sp³-hybridized carbons (Fsp3) is 0.200. The van der Waals surface area contributed by atoms with E-state index < -0.39 is 0 Å². The van der Waals surface area contributed by atoms with Gasteiger partial charge < -0.3 is 10.1 Å². The predicted molar refractivity (Wildman–Crippen MR) is 103 cm³/mol. The van der Waals surface area contributed by atoms with Crippen LogP contribution in [-0.4, -0.2) is 22.3 Å². The van der Waals surface area contributed by atoms with Gasteiger partial charge in [0, 0.05) is 16.4 Å². The molecule has 1 N–H and O–H groups in total. The number of hydrogen-bond donors (Lipinski definition) is 1. The third kappa shape index (κ3) is 4.24. The maximum atomic E-state index is 12.2. The third-order valence-electron chi connectivity index (χ3n) is 3.88. The van der Waals surface area contributed by atoms with Gasteiger partial charge in [0.05, 0.1) is 11.4 Å². The van der Waals surface area contributed by atoms with Gasteiger partial charge in [-0.3, -0.25) is 4.79 Å². The first-order valence-electron chi connectivity index (χ1n) is 8.25. The summed E-state index contributed by atoms with van der Waals surface area (Å²) in [6, 6.07) is 14.8. The molecule has 0 aliphatic rings. The minimum atomic E-state index is -0.233. The molecule has 0 radical (unpaired) electrons. The zero-order valence-corrected chi connectivity index (χ0v) is 15.7. The second kappa shape index (κ2) is 7.62. The number of amides is 1.